The van der Waals surface area contributed by atoms with E-state index in [0.29, 0.717) is 5.69 Å². The summed E-state index contributed by atoms with van der Waals surface area (Å²) in [6.07, 6.45) is 0. The minimum Gasteiger partial charge on any atom is -0.313 e. The zero-order chi connectivity index (χ0) is 15.2. The lowest BCUT2D eigenvalue weighted by atomic mass is 10.1. The molecule has 0 saturated heterocycles. The number of hydrogen-bond acceptors (Lipinski definition) is 2. The lowest BCUT2D eigenvalue weighted by Gasteiger charge is -2.13. The molecule has 5 heteroatoms. The fourth-order valence-electron chi connectivity index (χ4n) is 1.90. The van der Waals surface area contributed by atoms with Crippen LogP contribution in [0.2, 0.25) is 0 Å². The zero-order valence-electron chi connectivity index (χ0n) is 12.0. The second kappa shape index (κ2) is 6.85. The van der Waals surface area contributed by atoms with Crippen LogP contribution in [0.5, 0.6) is 0 Å². The van der Waals surface area contributed by atoms with E-state index in [1.54, 1.807) is 18.2 Å². The molecule has 0 saturated carbocycles. The quantitative estimate of drug-likeness (QED) is 0.802. The number of urea groups is 1. The average molecular weight is 287 g/mol. The third-order valence-corrected chi connectivity index (χ3v) is 3.20. The molecule has 2 aromatic rings. The van der Waals surface area contributed by atoms with Gasteiger partial charge in [0.2, 0.25) is 0 Å². The van der Waals surface area contributed by atoms with E-state index in [-0.39, 0.29) is 11.7 Å². The smallest absolute Gasteiger partial charge is 0.313 e. The van der Waals surface area contributed by atoms with Crippen molar-refractivity contribution in [3.63, 3.8) is 0 Å². The minimum absolute atomic E-state index is 0.148. The molecule has 2 rings (SSSR count). The van der Waals surface area contributed by atoms with Crippen LogP contribution in [-0.2, 0) is 0 Å². The normalized spacial score (nSPS) is 11.8. The Labute approximate surface area is 123 Å². The molecule has 21 heavy (non-hydrogen) atoms. The van der Waals surface area contributed by atoms with E-state index in [1.165, 1.54) is 12.1 Å². The van der Waals surface area contributed by atoms with Crippen molar-refractivity contribution in [1.82, 2.24) is 5.32 Å². The second-order valence-electron chi connectivity index (χ2n) is 4.69. The molecule has 3 N–H and O–H groups in total. The number of anilines is 2. The largest absolute Gasteiger partial charge is 0.323 e. The Morgan fingerprint density at radius 2 is 1.86 bits per heavy atom. The number of halogens is 1. The first-order valence-corrected chi connectivity index (χ1v) is 6.70. The molecule has 0 fully saturated rings. The van der Waals surface area contributed by atoms with E-state index >= 15 is 0 Å². The molecule has 1 unspecified atom stereocenters. The highest BCUT2D eigenvalue weighted by molar-refractivity contribution is 5.99. The predicted molar refractivity (Wildman–Crippen MR) is 83.0 cm³/mol. The number of rotatable bonds is 4. The van der Waals surface area contributed by atoms with E-state index in [9.17, 15) is 9.18 Å². The van der Waals surface area contributed by atoms with Gasteiger partial charge in [0.1, 0.15) is 5.82 Å². The van der Waals surface area contributed by atoms with Crippen molar-refractivity contribution >= 4 is 17.4 Å². The van der Waals surface area contributed by atoms with Gasteiger partial charge in [-0.2, -0.15) is 0 Å². The highest BCUT2D eigenvalue weighted by Crippen LogP contribution is 2.18. The average Bonchev–Trinajstić information content (AvgIpc) is 2.49. The second-order valence-corrected chi connectivity index (χ2v) is 4.69. The first-order chi connectivity index (χ1) is 10.1. The van der Waals surface area contributed by atoms with Crippen LogP contribution in [0, 0.1) is 5.82 Å². The van der Waals surface area contributed by atoms with Crippen molar-refractivity contribution in [1.29, 1.82) is 0 Å². The lowest BCUT2D eigenvalue weighted by Crippen LogP contribution is -2.20. The van der Waals surface area contributed by atoms with Gasteiger partial charge in [0.15, 0.2) is 0 Å². The van der Waals surface area contributed by atoms with E-state index in [4.69, 9.17) is 0 Å². The van der Waals surface area contributed by atoms with E-state index in [0.717, 1.165) is 5.56 Å². The predicted octanol–water partition coefficient (Wildman–Crippen LogP) is 3.75. The monoisotopic (exact) mass is 287 g/mol. The van der Waals surface area contributed by atoms with Gasteiger partial charge in [-0.15, -0.1) is 0 Å². The van der Waals surface area contributed by atoms with Gasteiger partial charge in [-0.25, -0.2) is 9.18 Å². The molecule has 0 radical (unpaired) electrons. The fraction of sp³-hybridized carbons (Fsp3) is 0.188. The first kappa shape index (κ1) is 15.0. The van der Waals surface area contributed by atoms with E-state index < -0.39 is 11.8 Å². The standard InChI is InChI=1S/C16H18FN3O/c1-11(18-2)12-6-5-7-13(10-12)19-16(21)20-15-9-4-3-8-14(15)17/h3-11,18H,1-2H3,(H2,19,20,21). The van der Waals surface area contributed by atoms with Crippen LogP contribution in [0.1, 0.15) is 18.5 Å². The van der Waals surface area contributed by atoms with Crippen LogP contribution in [0.3, 0.4) is 0 Å². The highest BCUT2D eigenvalue weighted by atomic mass is 19.1. The topological polar surface area (TPSA) is 53.2 Å². The Bertz CT molecular complexity index is 630. The summed E-state index contributed by atoms with van der Waals surface area (Å²) in [4.78, 5) is 11.9. The van der Waals surface area contributed by atoms with Crippen LogP contribution in [0.25, 0.3) is 0 Å². The molecule has 0 aliphatic heterocycles. The summed E-state index contributed by atoms with van der Waals surface area (Å²) in [5.41, 5.74) is 1.86. The Morgan fingerprint density at radius 1 is 1.10 bits per heavy atom. The molecule has 2 amide bonds. The summed E-state index contributed by atoms with van der Waals surface area (Å²) >= 11 is 0. The molecule has 0 aromatic heterocycles. The zero-order valence-corrected chi connectivity index (χ0v) is 12.0. The molecule has 110 valence electrons. The van der Waals surface area contributed by atoms with Gasteiger partial charge in [0, 0.05) is 11.7 Å². The Kier molecular flexibility index (Phi) is 4.90. The Morgan fingerprint density at radius 3 is 2.57 bits per heavy atom. The van der Waals surface area contributed by atoms with Crippen molar-refractivity contribution < 1.29 is 9.18 Å². The number of amides is 2. The highest BCUT2D eigenvalue weighted by Gasteiger charge is 2.08. The summed E-state index contributed by atoms with van der Waals surface area (Å²) in [6, 6.07) is 13.2. The van der Waals surface area contributed by atoms with Gasteiger partial charge in [0.05, 0.1) is 5.69 Å². The van der Waals surface area contributed by atoms with E-state index in [1.807, 2.05) is 32.2 Å². The third kappa shape index (κ3) is 4.03. The maximum atomic E-state index is 13.5. The summed E-state index contributed by atoms with van der Waals surface area (Å²) in [7, 11) is 1.87. The van der Waals surface area contributed by atoms with Crippen LogP contribution >= 0.6 is 0 Å². The molecular formula is C16H18FN3O. The first-order valence-electron chi connectivity index (χ1n) is 6.70. The van der Waals surface area contributed by atoms with Gasteiger partial charge in [-0.05, 0) is 43.8 Å². The molecule has 2 aromatic carbocycles. The number of benzene rings is 2. The lowest BCUT2D eigenvalue weighted by molar-refractivity contribution is 0.262. The van der Waals surface area contributed by atoms with Crippen molar-refractivity contribution in [2.45, 2.75) is 13.0 Å². The van der Waals surface area contributed by atoms with Crippen molar-refractivity contribution in [3.8, 4) is 0 Å². The third-order valence-electron chi connectivity index (χ3n) is 3.20. The molecule has 0 spiro atoms. The molecule has 0 bridgehead atoms. The Balaban J connectivity index is 2.05. The van der Waals surface area contributed by atoms with Crippen LogP contribution in [-0.4, -0.2) is 13.1 Å². The summed E-state index contributed by atoms with van der Waals surface area (Å²) in [5.74, 6) is -0.467. The number of carbonyl (C=O) groups is 1. The maximum absolute atomic E-state index is 13.5. The van der Waals surface area contributed by atoms with Crippen LogP contribution < -0.4 is 16.0 Å². The molecule has 4 nitrogen and oxygen atoms in total. The minimum atomic E-state index is -0.477. The fourth-order valence-corrected chi connectivity index (χ4v) is 1.90. The molecular weight excluding hydrogens is 269 g/mol. The molecule has 0 aliphatic carbocycles. The van der Waals surface area contributed by atoms with Crippen molar-refractivity contribution in [3.05, 3.63) is 59.9 Å². The van der Waals surface area contributed by atoms with Gasteiger partial charge < -0.3 is 16.0 Å². The molecule has 1 atom stereocenters. The van der Waals surface area contributed by atoms with E-state index in [2.05, 4.69) is 16.0 Å². The number of carbonyl (C=O) groups excluding carboxylic acids is 1. The van der Waals surface area contributed by atoms with Crippen LogP contribution in [0.4, 0.5) is 20.6 Å². The van der Waals surface area contributed by atoms with Gasteiger partial charge in [-0.1, -0.05) is 24.3 Å². The van der Waals surface area contributed by atoms with Crippen molar-refractivity contribution in [2.24, 2.45) is 0 Å². The summed E-state index contributed by atoms with van der Waals surface area (Å²) in [5, 5.41) is 8.30. The SMILES string of the molecule is CNC(C)c1cccc(NC(=O)Nc2ccccc2F)c1. The number of nitrogens with one attached hydrogen (secondary N) is 3. The number of para-hydroxylation sites is 1. The van der Waals surface area contributed by atoms with Crippen molar-refractivity contribution in [2.75, 3.05) is 17.7 Å². The summed E-state index contributed by atoms with van der Waals surface area (Å²) in [6.45, 7) is 2.03. The van der Waals surface area contributed by atoms with Gasteiger partial charge in [-0.3, -0.25) is 0 Å². The van der Waals surface area contributed by atoms with Crippen LogP contribution in [0.15, 0.2) is 48.5 Å². The van der Waals surface area contributed by atoms with Gasteiger partial charge >= 0.3 is 6.03 Å². The maximum Gasteiger partial charge on any atom is 0.323 e. The Hall–Kier alpha value is -2.40. The molecule has 0 heterocycles. The molecule has 0 aliphatic rings. The van der Waals surface area contributed by atoms with Gasteiger partial charge in [0.25, 0.3) is 0 Å². The number of hydrogen-bond donors (Lipinski definition) is 3. The summed E-state index contributed by atoms with van der Waals surface area (Å²) < 4.78 is 13.5.